The molecule has 26 heavy (non-hydrogen) atoms. The number of carbonyl (C=O) groups is 1. The van der Waals surface area contributed by atoms with E-state index >= 15 is 0 Å². The van der Waals surface area contributed by atoms with Crippen molar-refractivity contribution in [1.29, 1.82) is 0 Å². The van der Waals surface area contributed by atoms with Gasteiger partial charge in [0.25, 0.3) is 5.91 Å². The summed E-state index contributed by atoms with van der Waals surface area (Å²) in [5.74, 6) is 0.837. The number of pyridine rings is 1. The number of piperidine rings is 1. The van der Waals surface area contributed by atoms with E-state index in [0.29, 0.717) is 5.69 Å². The number of hydrogen-bond donors (Lipinski definition) is 1. The highest BCUT2D eigenvalue weighted by Gasteiger charge is 2.23. The number of aryl methyl sites for hydroxylation is 1. The fourth-order valence-corrected chi connectivity index (χ4v) is 3.37. The van der Waals surface area contributed by atoms with Crippen molar-refractivity contribution in [2.75, 3.05) is 18.0 Å². The lowest BCUT2D eigenvalue weighted by Crippen LogP contribution is -2.45. The molecule has 6 heteroatoms. The molecule has 1 saturated heterocycles. The number of nitrogens with zero attached hydrogens (tertiary/aromatic N) is 4. The quantitative estimate of drug-likeness (QED) is 0.789. The zero-order chi connectivity index (χ0) is 17.9. The molecule has 6 nitrogen and oxygen atoms in total. The summed E-state index contributed by atoms with van der Waals surface area (Å²) in [6, 6.07) is 13.5. The molecule has 4 rings (SSSR count). The zero-order valence-electron chi connectivity index (χ0n) is 14.7. The maximum atomic E-state index is 12.3. The van der Waals surface area contributed by atoms with Gasteiger partial charge in [-0.3, -0.25) is 9.78 Å². The summed E-state index contributed by atoms with van der Waals surface area (Å²) in [5, 5.41) is 3.09. The standard InChI is InChI=1S/C20H21N5O/c1-14-19(24-17-7-3-2-6-16(17)22-14)25-12-9-15(10-13-25)23-20(26)18-8-4-5-11-21-18/h2-8,11,15H,9-10,12-13H2,1H3,(H,23,26). The van der Waals surface area contributed by atoms with Crippen LogP contribution in [0.1, 0.15) is 29.0 Å². The number of benzene rings is 1. The van der Waals surface area contributed by atoms with Crippen molar-refractivity contribution in [2.24, 2.45) is 0 Å². The van der Waals surface area contributed by atoms with Gasteiger partial charge in [0.05, 0.1) is 16.7 Å². The van der Waals surface area contributed by atoms with Gasteiger partial charge < -0.3 is 10.2 Å². The number of hydrogen-bond acceptors (Lipinski definition) is 5. The van der Waals surface area contributed by atoms with Crippen LogP contribution in [-0.4, -0.2) is 40.0 Å². The van der Waals surface area contributed by atoms with E-state index in [9.17, 15) is 4.79 Å². The minimum atomic E-state index is -0.106. The Morgan fingerprint density at radius 2 is 1.73 bits per heavy atom. The third kappa shape index (κ3) is 3.35. The number of rotatable bonds is 3. The third-order valence-electron chi connectivity index (χ3n) is 4.75. The van der Waals surface area contributed by atoms with E-state index in [0.717, 1.165) is 48.5 Å². The van der Waals surface area contributed by atoms with E-state index in [1.54, 1.807) is 12.3 Å². The lowest BCUT2D eigenvalue weighted by Gasteiger charge is -2.33. The fourth-order valence-electron chi connectivity index (χ4n) is 3.37. The second-order valence-corrected chi connectivity index (χ2v) is 6.57. The summed E-state index contributed by atoms with van der Waals surface area (Å²) in [5.41, 5.74) is 3.25. The van der Waals surface area contributed by atoms with Gasteiger partial charge in [-0.1, -0.05) is 18.2 Å². The van der Waals surface area contributed by atoms with E-state index in [1.807, 2.05) is 43.3 Å². The molecule has 2 aromatic heterocycles. The Morgan fingerprint density at radius 3 is 2.42 bits per heavy atom. The summed E-state index contributed by atoms with van der Waals surface area (Å²) in [4.78, 5) is 28.1. The molecule has 1 aliphatic heterocycles. The van der Waals surface area contributed by atoms with E-state index in [4.69, 9.17) is 4.98 Å². The number of aromatic nitrogens is 3. The van der Waals surface area contributed by atoms with Gasteiger partial charge >= 0.3 is 0 Å². The number of nitrogens with one attached hydrogen (secondary N) is 1. The first kappa shape index (κ1) is 16.4. The van der Waals surface area contributed by atoms with Crippen molar-refractivity contribution in [3.8, 4) is 0 Å². The SMILES string of the molecule is Cc1nc2ccccc2nc1N1CCC(NC(=O)c2ccccn2)CC1. The van der Waals surface area contributed by atoms with Crippen molar-refractivity contribution >= 4 is 22.8 Å². The van der Waals surface area contributed by atoms with E-state index in [-0.39, 0.29) is 11.9 Å². The topological polar surface area (TPSA) is 71.0 Å². The lowest BCUT2D eigenvalue weighted by molar-refractivity contribution is 0.0926. The van der Waals surface area contributed by atoms with Gasteiger partial charge in [0.2, 0.25) is 0 Å². The minimum absolute atomic E-state index is 0.106. The molecule has 0 atom stereocenters. The first-order valence-electron chi connectivity index (χ1n) is 8.91. The van der Waals surface area contributed by atoms with Crippen LogP contribution in [0.25, 0.3) is 11.0 Å². The summed E-state index contributed by atoms with van der Waals surface area (Å²) >= 11 is 0. The smallest absolute Gasteiger partial charge is 0.270 e. The van der Waals surface area contributed by atoms with E-state index in [1.165, 1.54) is 0 Å². The molecule has 0 spiro atoms. The molecule has 0 unspecified atom stereocenters. The molecule has 1 aliphatic rings. The van der Waals surface area contributed by atoms with Crippen molar-refractivity contribution < 1.29 is 4.79 Å². The van der Waals surface area contributed by atoms with Crippen LogP contribution in [0.15, 0.2) is 48.7 Å². The van der Waals surface area contributed by atoms with Gasteiger partial charge in [-0.25, -0.2) is 9.97 Å². The predicted molar refractivity (Wildman–Crippen MR) is 101 cm³/mol. The Balaban J connectivity index is 1.42. The maximum absolute atomic E-state index is 12.3. The molecule has 1 fully saturated rings. The van der Waals surface area contributed by atoms with Crippen LogP contribution in [0.3, 0.4) is 0 Å². The summed E-state index contributed by atoms with van der Waals surface area (Å²) in [7, 11) is 0. The van der Waals surface area contributed by atoms with Gasteiger partial charge in [-0.15, -0.1) is 0 Å². The number of para-hydroxylation sites is 2. The molecule has 0 bridgehead atoms. The van der Waals surface area contributed by atoms with E-state index < -0.39 is 0 Å². The lowest BCUT2D eigenvalue weighted by atomic mass is 10.0. The second kappa shape index (κ2) is 7.07. The molecule has 3 aromatic rings. The summed E-state index contributed by atoms with van der Waals surface area (Å²) in [6.45, 7) is 3.70. The Kier molecular flexibility index (Phi) is 4.48. The largest absolute Gasteiger partial charge is 0.355 e. The molecule has 132 valence electrons. The average Bonchev–Trinajstić information content (AvgIpc) is 2.69. The van der Waals surface area contributed by atoms with Gasteiger partial charge in [0, 0.05) is 25.3 Å². The van der Waals surface area contributed by atoms with Crippen LogP contribution in [0.2, 0.25) is 0 Å². The molecule has 1 aromatic carbocycles. The van der Waals surface area contributed by atoms with Crippen LogP contribution in [0.4, 0.5) is 5.82 Å². The van der Waals surface area contributed by atoms with Crippen molar-refractivity contribution in [2.45, 2.75) is 25.8 Å². The minimum Gasteiger partial charge on any atom is -0.355 e. The normalized spacial score (nSPS) is 15.2. The molecule has 3 heterocycles. The summed E-state index contributed by atoms with van der Waals surface area (Å²) in [6.07, 6.45) is 3.40. The summed E-state index contributed by atoms with van der Waals surface area (Å²) < 4.78 is 0. The number of carbonyl (C=O) groups excluding carboxylic acids is 1. The van der Waals surface area contributed by atoms with Gasteiger partial charge in [-0.05, 0) is 44.0 Å². The molecule has 1 N–H and O–H groups in total. The van der Waals surface area contributed by atoms with Crippen LogP contribution >= 0.6 is 0 Å². The van der Waals surface area contributed by atoms with E-state index in [2.05, 4.69) is 20.2 Å². The maximum Gasteiger partial charge on any atom is 0.270 e. The van der Waals surface area contributed by atoms with Gasteiger partial charge in [-0.2, -0.15) is 0 Å². The molecule has 0 saturated carbocycles. The van der Waals surface area contributed by atoms with Crippen LogP contribution < -0.4 is 10.2 Å². The van der Waals surface area contributed by atoms with Crippen molar-refractivity contribution in [3.63, 3.8) is 0 Å². The average molecular weight is 347 g/mol. The van der Waals surface area contributed by atoms with Gasteiger partial charge in [0.1, 0.15) is 5.69 Å². The van der Waals surface area contributed by atoms with Crippen molar-refractivity contribution in [3.05, 3.63) is 60.0 Å². The molecular formula is C20H21N5O. The Bertz CT molecular complexity index is 920. The highest BCUT2D eigenvalue weighted by Crippen LogP contribution is 2.23. The first-order chi connectivity index (χ1) is 12.7. The molecule has 0 aliphatic carbocycles. The van der Waals surface area contributed by atoms with Crippen LogP contribution in [-0.2, 0) is 0 Å². The number of anilines is 1. The molecular weight excluding hydrogens is 326 g/mol. The Hall–Kier alpha value is -3.02. The Labute approximate surface area is 152 Å². The monoisotopic (exact) mass is 347 g/mol. The van der Waals surface area contributed by atoms with Gasteiger partial charge in [0.15, 0.2) is 5.82 Å². The number of amides is 1. The second-order valence-electron chi connectivity index (χ2n) is 6.57. The predicted octanol–water partition coefficient (Wildman–Crippen LogP) is 2.73. The highest BCUT2D eigenvalue weighted by atomic mass is 16.1. The van der Waals surface area contributed by atoms with Crippen LogP contribution in [0, 0.1) is 6.92 Å². The first-order valence-corrected chi connectivity index (χ1v) is 8.91. The van der Waals surface area contributed by atoms with Crippen molar-refractivity contribution in [1.82, 2.24) is 20.3 Å². The third-order valence-corrected chi connectivity index (χ3v) is 4.75. The molecule has 1 amide bonds. The fraction of sp³-hybridized carbons (Fsp3) is 0.300. The van der Waals surface area contributed by atoms with Crippen LogP contribution in [0.5, 0.6) is 0 Å². The molecule has 0 radical (unpaired) electrons. The zero-order valence-corrected chi connectivity index (χ0v) is 14.7. The highest BCUT2D eigenvalue weighted by molar-refractivity contribution is 5.92. The number of fused-ring (bicyclic) bond motifs is 1. The Morgan fingerprint density at radius 1 is 1.04 bits per heavy atom.